The molecule has 27 heavy (non-hydrogen) atoms. The second-order valence-electron chi connectivity index (χ2n) is 6.11. The predicted octanol–water partition coefficient (Wildman–Crippen LogP) is 3.28. The number of benzene rings is 2. The van der Waals surface area contributed by atoms with Crippen LogP contribution in [0.25, 0.3) is 0 Å². The van der Waals surface area contributed by atoms with Crippen LogP contribution in [0, 0.1) is 0 Å². The molecule has 0 aromatic heterocycles. The van der Waals surface area contributed by atoms with Crippen LogP contribution in [0.4, 0.5) is 11.4 Å². The molecule has 2 aromatic rings. The molecule has 3 N–H and O–H groups in total. The number of carboxylic acids is 1. The van der Waals surface area contributed by atoms with Gasteiger partial charge >= 0.3 is 5.97 Å². The summed E-state index contributed by atoms with van der Waals surface area (Å²) in [5, 5.41) is 11.8. The standard InChI is InChI=1S/C19H22N2O5S/c1-3-11-27(25,26)21-17-10-5-4-9-16(17)18(22)20-15-8-6-7-14(12-15)13(2)19(23)24/h4-10,12-13,21H,3,11H2,1-2H3,(H,20,22)(H,23,24). The molecule has 0 fully saturated rings. The van der Waals surface area contributed by atoms with Crippen molar-refractivity contribution in [1.82, 2.24) is 0 Å². The third-order valence-corrected chi connectivity index (χ3v) is 5.40. The van der Waals surface area contributed by atoms with Crippen molar-refractivity contribution in [3.8, 4) is 0 Å². The van der Waals surface area contributed by atoms with Crippen LogP contribution in [0.2, 0.25) is 0 Å². The van der Waals surface area contributed by atoms with Gasteiger partial charge in [-0.05, 0) is 43.2 Å². The van der Waals surface area contributed by atoms with Crippen LogP contribution in [0.15, 0.2) is 48.5 Å². The average Bonchev–Trinajstić information content (AvgIpc) is 2.61. The molecular weight excluding hydrogens is 368 g/mol. The summed E-state index contributed by atoms with van der Waals surface area (Å²) in [5.74, 6) is -2.22. The highest BCUT2D eigenvalue weighted by Gasteiger charge is 2.17. The SMILES string of the molecule is CCCS(=O)(=O)Nc1ccccc1C(=O)Nc1cccc(C(C)C(=O)O)c1. The van der Waals surface area contributed by atoms with E-state index in [0.717, 1.165) is 0 Å². The number of aliphatic carboxylic acids is 1. The average molecular weight is 390 g/mol. The first-order chi connectivity index (χ1) is 12.7. The maximum atomic E-state index is 12.6. The van der Waals surface area contributed by atoms with E-state index in [4.69, 9.17) is 5.11 Å². The van der Waals surface area contributed by atoms with E-state index in [-0.39, 0.29) is 17.0 Å². The highest BCUT2D eigenvalue weighted by molar-refractivity contribution is 7.92. The lowest BCUT2D eigenvalue weighted by atomic mass is 10.0. The van der Waals surface area contributed by atoms with Gasteiger partial charge in [-0.1, -0.05) is 31.2 Å². The number of para-hydroxylation sites is 1. The van der Waals surface area contributed by atoms with Gasteiger partial charge in [0.2, 0.25) is 10.0 Å². The monoisotopic (exact) mass is 390 g/mol. The summed E-state index contributed by atoms with van der Waals surface area (Å²) in [6.45, 7) is 3.31. The molecule has 8 heteroatoms. The van der Waals surface area contributed by atoms with E-state index in [1.165, 1.54) is 12.1 Å². The van der Waals surface area contributed by atoms with Crippen molar-refractivity contribution < 1.29 is 23.1 Å². The minimum absolute atomic E-state index is 0.0436. The number of hydrogen-bond acceptors (Lipinski definition) is 4. The zero-order valence-electron chi connectivity index (χ0n) is 15.1. The molecule has 2 rings (SSSR count). The molecule has 2 aromatic carbocycles. The van der Waals surface area contributed by atoms with Crippen molar-refractivity contribution in [2.24, 2.45) is 0 Å². The van der Waals surface area contributed by atoms with Crippen LogP contribution in [-0.4, -0.2) is 31.2 Å². The van der Waals surface area contributed by atoms with E-state index >= 15 is 0 Å². The number of carbonyl (C=O) groups excluding carboxylic acids is 1. The van der Waals surface area contributed by atoms with Crippen LogP contribution >= 0.6 is 0 Å². The maximum Gasteiger partial charge on any atom is 0.310 e. The van der Waals surface area contributed by atoms with Gasteiger partial charge in [-0.15, -0.1) is 0 Å². The molecule has 144 valence electrons. The minimum atomic E-state index is -3.54. The van der Waals surface area contributed by atoms with Gasteiger partial charge in [0, 0.05) is 5.69 Å². The van der Waals surface area contributed by atoms with Gasteiger partial charge in [-0.3, -0.25) is 14.3 Å². The Bertz CT molecular complexity index is 941. The van der Waals surface area contributed by atoms with Crippen molar-refractivity contribution in [1.29, 1.82) is 0 Å². The molecule has 0 saturated heterocycles. The van der Waals surface area contributed by atoms with Crippen molar-refractivity contribution in [3.05, 3.63) is 59.7 Å². The second kappa shape index (κ2) is 8.68. The summed E-state index contributed by atoms with van der Waals surface area (Å²) in [4.78, 5) is 23.8. The quantitative estimate of drug-likeness (QED) is 0.640. The summed E-state index contributed by atoms with van der Waals surface area (Å²) in [6, 6.07) is 12.8. The normalized spacial score (nSPS) is 12.2. The predicted molar refractivity (Wildman–Crippen MR) is 105 cm³/mol. The summed E-state index contributed by atoms with van der Waals surface area (Å²) < 4.78 is 26.5. The Kier molecular flexibility index (Phi) is 6.57. The van der Waals surface area contributed by atoms with Gasteiger partial charge in [0.05, 0.1) is 22.9 Å². The Hall–Kier alpha value is -2.87. The Labute approximate surface area is 158 Å². The van der Waals surface area contributed by atoms with Crippen molar-refractivity contribution >= 4 is 33.3 Å². The fourth-order valence-electron chi connectivity index (χ4n) is 2.48. The Morgan fingerprint density at radius 2 is 1.81 bits per heavy atom. The fourth-order valence-corrected chi connectivity index (χ4v) is 3.64. The summed E-state index contributed by atoms with van der Waals surface area (Å²) in [7, 11) is -3.54. The van der Waals surface area contributed by atoms with Gasteiger partial charge in [-0.25, -0.2) is 8.42 Å². The van der Waals surface area contributed by atoms with E-state index < -0.39 is 27.8 Å². The minimum Gasteiger partial charge on any atom is -0.481 e. The van der Waals surface area contributed by atoms with Crippen molar-refractivity contribution in [2.45, 2.75) is 26.2 Å². The van der Waals surface area contributed by atoms with Crippen LogP contribution in [-0.2, 0) is 14.8 Å². The molecule has 7 nitrogen and oxygen atoms in total. The first-order valence-electron chi connectivity index (χ1n) is 8.47. The molecule has 0 aliphatic carbocycles. The lowest BCUT2D eigenvalue weighted by Gasteiger charge is -2.13. The number of hydrogen-bond donors (Lipinski definition) is 3. The summed E-state index contributed by atoms with van der Waals surface area (Å²) >= 11 is 0. The summed E-state index contributed by atoms with van der Waals surface area (Å²) in [6.07, 6.45) is 0.457. The number of carbonyl (C=O) groups is 2. The third kappa shape index (κ3) is 5.55. The van der Waals surface area contributed by atoms with Crippen molar-refractivity contribution in [3.63, 3.8) is 0 Å². The Balaban J connectivity index is 2.25. The third-order valence-electron chi connectivity index (χ3n) is 3.92. The lowest BCUT2D eigenvalue weighted by Crippen LogP contribution is -2.20. The molecule has 0 saturated carbocycles. The largest absolute Gasteiger partial charge is 0.481 e. The number of nitrogens with one attached hydrogen (secondary N) is 2. The number of amides is 1. The molecule has 0 radical (unpaired) electrons. The molecule has 0 bridgehead atoms. The molecule has 0 spiro atoms. The zero-order valence-corrected chi connectivity index (χ0v) is 15.9. The second-order valence-corrected chi connectivity index (χ2v) is 7.95. The number of rotatable bonds is 8. The van der Waals surface area contributed by atoms with Gasteiger partial charge in [-0.2, -0.15) is 0 Å². The Morgan fingerprint density at radius 3 is 2.48 bits per heavy atom. The van der Waals surface area contributed by atoms with E-state index in [9.17, 15) is 18.0 Å². The first kappa shape index (κ1) is 20.4. The number of sulfonamides is 1. The highest BCUT2D eigenvalue weighted by atomic mass is 32.2. The van der Waals surface area contributed by atoms with E-state index in [1.807, 2.05) is 0 Å². The summed E-state index contributed by atoms with van der Waals surface area (Å²) in [5.41, 5.74) is 1.35. The highest BCUT2D eigenvalue weighted by Crippen LogP contribution is 2.22. The lowest BCUT2D eigenvalue weighted by molar-refractivity contribution is -0.138. The smallest absolute Gasteiger partial charge is 0.310 e. The zero-order chi connectivity index (χ0) is 20.0. The molecule has 0 heterocycles. The Morgan fingerprint density at radius 1 is 1.11 bits per heavy atom. The van der Waals surface area contributed by atoms with Gasteiger partial charge in [0.25, 0.3) is 5.91 Å². The van der Waals surface area contributed by atoms with E-state index in [0.29, 0.717) is 17.7 Å². The molecular formula is C19H22N2O5S. The molecule has 1 unspecified atom stereocenters. The molecule has 1 amide bonds. The van der Waals surface area contributed by atoms with Crippen LogP contribution < -0.4 is 10.0 Å². The number of anilines is 2. The topological polar surface area (TPSA) is 113 Å². The van der Waals surface area contributed by atoms with Crippen LogP contribution in [0.5, 0.6) is 0 Å². The van der Waals surface area contributed by atoms with Crippen molar-refractivity contribution in [2.75, 3.05) is 15.8 Å². The van der Waals surface area contributed by atoms with Crippen LogP contribution in [0.1, 0.15) is 42.1 Å². The van der Waals surface area contributed by atoms with Crippen LogP contribution in [0.3, 0.4) is 0 Å². The van der Waals surface area contributed by atoms with Gasteiger partial charge in [0.15, 0.2) is 0 Å². The van der Waals surface area contributed by atoms with Gasteiger partial charge < -0.3 is 10.4 Å². The molecule has 1 atom stereocenters. The maximum absolute atomic E-state index is 12.6. The number of carboxylic acid groups (broad SMARTS) is 1. The van der Waals surface area contributed by atoms with Gasteiger partial charge in [0.1, 0.15) is 0 Å². The first-order valence-corrected chi connectivity index (χ1v) is 10.1. The molecule has 0 aliphatic rings. The van der Waals surface area contributed by atoms with E-state index in [1.54, 1.807) is 50.2 Å². The molecule has 0 aliphatic heterocycles. The fraction of sp³-hybridized carbons (Fsp3) is 0.263. The van der Waals surface area contributed by atoms with E-state index in [2.05, 4.69) is 10.0 Å².